The summed E-state index contributed by atoms with van der Waals surface area (Å²) < 4.78 is 11.2. The van der Waals surface area contributed by atoms with Gasteiger partial charge in [-0.25, -0.2) is 0 Å². The van der Waals surface area contributed by atoms with Gasteiger partial charge in [-0.15, -0.1) is 0 Å². The van der Waals surface area contributed by atoms with Crippen molar-refractivity contribution in [2.45, 2.75) is 79.8 Å². The Bertz CT molecular complexity index is 812. The first-order valence-corrected chi connectivity index (χ1v) is 11.0. The van der Waals surface area contributed by atoms with Gasteiger partial charge in [0.15, 0.2) is 0 Å². The monoisotopic (exact) mass is 402 g/mol. The Balaban J connectivity index is 1.79. The Labute approximate surface area is 173 Å². The number of hydrogen-bond donors (Lipinski definition) is 0. The lowest BCUT2D eigenvalue weighted by Crippen LogP contribution is -2.56. The summed E-state index contributed by atoms with van der Waals surface area (Å²) in [6.07, 6.45) is 3.98. The minimum Gasteiger partial charge on any atom is -0.465 e. The van der Waals surface area contributed by atoms with E-state index < -0.39 is 0 Å². The van der Waals surface area contributed by atoms with Gasteiger partial charge in [-0.1, -0.05) is 38.8 Å². The van der Waals surface area contributed by atoms with Gasteiger partial charge in [0.1, 0.15) is 11.9 Å². The minimum absolute atomic E-state index is 0.0198. The van der Waals surface area contributed by atoms with E-state index in [1.54, 1.807) is 0 Å². The fourth-order valence-electron chi connectivity index (χ4n) is 6.90. The molecule has 0 aliphatic heterocycles. The average Bonchev–Trinajstić information content (AvgIpc) is 3.18. The van der Waals surface area contributed by atoms with Crippen molar-refractivity contribution in [3.63, 3.8) is 0 Å². The molecule has 7 atom stereocenters. The number of rotatable bonds is 4. The molecule has 3 fully saturated rings. The standard InChI is InChI=1S/C24H34O5/c1-13(12-28-14(2)25)16-7-8-22(4)11-19(29-15(3)26)24(6)10-18(27)23(5)9-17(23)21(24)20(16)22/h13,17,19,21H,7-12H2,1-6H3/t13?,17-,19-,21+,22+,23-,24+/m0/s1. The van der Waals surface area contributed by atoms with Crippen LogP contribution >= 0.6 is 0 Å². The van der Waals surface area contributed by atoms with Crippen LogP contribution in [0.15, 0.2) is 11.1 Å². The molecule has 29 heavy (non-hydrogen) atoms. The summed E-state index contributed by atoms with van der Waals surface area (Å²) in [5.74, 6) is 0.581. The Kier molecular flexibility index (Phi) is 4.57. The van der Waals surface area contributed by atoms with Gasteiger partial charge in [-0.3, -0.25) is 14.4 Å². The highest BCUT2D eigenvalue weighted by Gasteiger charge is 2.72. The SMILES string of the molecule is CC(=O)OCC(C)C1=C2[C@H]3[C@@H]4C[C@]4(C)C(=O)C[C@]3(C)[C@@H](OC(C)=O)C[C@@]2(C)CC1. The first-order chi connectivity index (χ1) is 13.4. The predicted octanol–water partition coefficient (Wildman–Crippen LogP) is 4.24. The van der Waals surface area contributed by atoms with Gasteiger partial charge in [0.05, 0.1) is 6.61 Å². The molecule has 3 saturated carbocycles. The second-order valence-electron chi connectivity index (χ2n) is 10.8. The topological polar surface area (TPSA) is 69.7 Å². The Morgan fingerprint density at radius 2 is 1.83 bits per heavy atom. The molecule has 4 aliphatic rings. The van der Waals surface area contributed by atoms with Crippen LogP contribution in [-0.2, 0) is 23.9 Å². The molecular weight excluding hydrogens is 368 g/mol. The number of ketones is 1. The smallest absolute Gasteiger partial charge is 0.302 e. The van der Waals surface area contributed by atoms with Crippen LogP contribution in [0.3, 0.4) is 0 Å². The van der Waals surface area contributed by atoms with E-state index in [1.807, 2.05) is 0 Å². The average molecular weight is 403 g/mol. The quantitative estimate of drug-likeness (QED) is 0.520. The second kappa shape index (κ2) is 6.42. The van der Waals surface area contributed by atoms with Crippen LogP contribution < -0.4 is 0 Å². The van der Waals surface area contributed by atoms with Gasteiger partial charge >= 0.3 is 11.9 Å². The predicted molar refractivity (Wildman–Crippen MR) is 108 cm³/mol. The molecule has 1 unspecified atom stereocenters. The van der Waals surface area contributed by atoms with Crippen molar-refractivity contribution in [3.8, 4) is 0 Å². The molecule has 0 aromatic rings. The molecule has 160 valence electrons. The fraction of sp³-hybridized carbons (Fsp3) is 0.792. The fourth-order valence-corrected chi connectivity index (χ4v) is 6.90. The molecule has 0 radical (unpaired) electrons. The second-order valence-corrected chi connectivity index (χ2v) is 10.8. The highest BCUT2D eigenvalue weighted by atomic mass is 16.5. The van der Waals surface area contributed by atoms with Crippen LogP contribution in [0.25, 0.3) is 0 Å². The lowest BCUT2D eigenvalue weighted by molar-refractivity contribution is -0.169. The van der Waals surface area contributed by atoms with E-state index in [9.17, 15) is 14.4 Å². The third kappa shape index (κ3) is 2.98. The Morgan fingerprint density at radius 1 is 1.14 bits per heavy atom. The van der Waals surface area contributed by atoms with Crippen LogP contribution in [0.4, 0.5) is 0 Å². The van der Waals surface area contributed by atoms with Crippen LogP contribution in [-0.4, -0.2) is 30.4 Å². The summed E-state index contributed by atoms with van der Waals surface area (Å²) >= 11 is 0. The van der Waals surface area contributed by atoms with Crippen molar-refractivity contribution >= 4 is 17.7 Å². The Hall–Kier alpha value is -1.65. The third-order valence-corrected chi connectivity index (χ3v) is 8.66. The molecule has 0 N–H and O–H groups in total. The van der Waals surface area contributed by atoms with Gasteiger partial charge in [-0.2, -0.15) is 0 Å². The highest BCUT2D eigenvalue weighted by Crippen LogP contribution is 2.74. The molecule has 5 heteroatoms. The van der Waals surface area contributed by atoms with E-state index in [2.05, 4.69) is 27.7 Å². The zero-order valence-electron chi connectivity index (χ0n) is 18.6. The largest absolute Gasteiger partial charge is 0.465 e. The van der Waals surface area contributed by atoms with Crippen LogP contribution in [0.2, 0.25) is 0 Å². The first-order valence-electron chi connectivity index (χ1n) is 11.0. The summed E-state index contributed by atoms with van der Waals surface area (Å²) in [4.78, 5) is 36.3. The van der Waals surface area contributed by atoms with Crippen molar-refractivity contribution < 1.29 is 23.9 Å². The van der Waals surface area contributed by atoms with E-state index in [0.717, 1.165) is 25.7 Å². The number of ether oxygens (including phenoxy) is 2. The zero-order chi connectivity index (χ0) is 21.4. The number of carbonyl (C=O) groups excluding carboxylic acids is 3. The van der Waals surface area contributed by atoms with Crippen molar-refractivity contribution in [3.05, 3.63) is 11.1 Å². The summed E-state index contributed by atoms with van der Waals surface area (Å²) in [7, 11) is 0. The van der Waals surface area contributed by atoms with E-state index in [4.69, 9.17) is 9.47 Å². The normalized spacial score (nSPS) is 43.8. The molecule has 0 amide bonds. The molecule has 4 aliphatic carbocycles. The zero-order valence-corrected chi connectivity index (χ0v) is 18.6. The lowest BCUT2D eigenvalue weighted by atomic mass is 9.49. The van der Waals surface area contributed by atoms with Crippen molar-refractivity contribution in [2.24, 2.45) is 34.0 Å². The summed E-state index contributed by atoms with van der Waals surface area (Å²) in [6, 6.07) is 0. The van der Waals surface area contributed by atoms with Crippen molar-refractivity contribution in [2.75, 3.05) is 6.61 Å². The number of allylic oxidation sites excluding steroid dienone is 1. The van der Waals surface area contributed by atoms with Gasteiger partial charge in [-0.05, 0) is 42.9 Å². The summed E-state index contributed by atoms with van der Waals surface area (Å²) in [5, 5.41) is 0. The van der Waals surface area contributed by atoms with E-state index in [0.29, 0.717) is 24.7 Å². The molecular formula is C24H34O5. The van der Waals surface area contributed by atoms with Crippen LogP contribution in [0.5, 0.6) is 0 Å². The molecule has 0 bridgehead atoms. The summed E-state index contributed by atoms with van der Waals surface area (Å²) in [6.45, 7) is 12.1. The van der Waals surface area contributed by atoms with Crippen molar-refractivity contribution in [1.29, 1.82) is 0 Å². The van der Waals surface area contributed by atoms with E-state index in [1.165, 1.54) is 25.0 Å². The molecule has 4 rings (SSSR count). The van der Waals surface area contributed by atoms with Gasteiger partial charge in [0.2, 0.25) is 0 Å². The van der Waals surface area contributed by atoms with Crippen LogP contribution in [0, 0.1) is 34.0 Å². The molecule has 0 spiro atoms. The number of hydrogen-bond acceptors (Lipinski definition) is 5. The molecule has 0 heterocycles. The molecule has 0 aromatic heterocycles. The maximum absolute atomic E-state index is 13.0. The van der Waals surface area contributed by atoms with Gasteiger partial charge in [0, 0.05) is 37.0 Å². The molecule has 0 aromatic carbocycles. The van der Waals surface area contributed by atoms with Gasteiger partial charge < -0.3 is 9.47 Å². The maximum Gasteiger partial charge on any atom is 0.302 e. The van der Waals surface area contributed by atoms with E-state index >= 15 is 0 Å². The lowest BCUT2D eigenvalue weighted by Gasteiger charge is -2.56. The first kappa shape index (κ1) is 20.6. The van der Waals surface area contributed by atoms with E-state index in [-0.39, 0.29) is 46.1 Å². The molecule has 0 saturated heterocycles. The minimum atomic E-state index is -0.352. The Morgan fingerprint density at radius 3 is 2.45 bits per heavy atom. The van der Waals surface area contributed by atoms with Crippen molar-refractivity contribution in [1.82, 2.24) is 0 Å². The number of Topliss-reactive ketones (excluding diaryl/α,β-unsaturated/α-hetero) is 1. The molecule has 5 nitrogen and oxygen atoms in total. The number of carbonyl (C=O) groups is 3. The highest BCUT2D eigenvalue weighted by molar-refractivity contribution is 5.90. The third-order valence-electron chi connectivity index (χ3n) is 8.66. The number of fused-ring (bicyclic) bond motifs is 5. The summed E-state index contributed by atoms with van der Waals surface area (Å²) in [5.41, 5.74) is 2.31. The van der Waals surface area contributed by atoms with Crippen LogP contribution in [0.1, 0.15) is 73.6 Å². The van der Waals surface area contributed by atoms with Gasteiger partial charge in [0.25, 0.3) is 0 Å². The maximum atomic E-state index is 13.0. The number of esters is 2.